The minimum atomic E-state index is -0.753. The van der Waals surface area contributed by atoms with Gasteiger partial charge < -0.3 is 15.1 Å². The van der Waals surface area contributed by atoms with Crippen molar-refractivity contribution >= 4 is 39.4 Å². The van der Waals surface area contributed by atoms with Crippen molar-refractivity contribution in [3.05, 3.63) is 70.2 Å². The Morgan fingerprint density at radius 3 is 2.41 bits per heavy atom. The Labute approximate surface area is 207 Å². The predicted molar refractivity (Wildman–Crippen MR) is 131 cm³/mol. The zero-order chi connectivity index (χ0) is 24.4. The van der Waals surface area contributed by atoms with E-state index in [0.29, 0.717) is 30.5 Å². The Morgan fingerprint density at radius 2 is 1.74 bits per heavy atom. The number of amides is 3. The minimum absolute atomic E-state index is 0.00785. The molecule has 3 atom stereocenters. The first-order valence-electron chi connectivity index (χ1n) is 11.5. The molecule has 0 aliphatic carbocycles. The lowest BCUT2D eigenvalue weighted by Gasteiger charge is -2.29. The van der Waals surface area contributed by atoms with Gasteiger partial charge in [0.2, 0.25) is 5.91 Å². The van der Waals surface area contributed by atoms with Gasteiger partial charge in [-0.25, -0.2) is 0 Å². The average Bonchev–Trinajstić information content (AvgIpc) is 3.39. The summed E-state index contributed by atoms with van der Waals surface area (Å²) in [7, 11) is 0. The molecular formula is C26H28BrN3O4. The molecular weight excluding hydrogens is 498 g/mol. The quantitative estimate of drug-likeness (QED) is 0.626. The molecule has 178 valence electrons. The third-order valence-corrected chi connectivity index (χ3v) is 6.88. The monoisotopic (exact) mass is 525 g/mol. The Hall–Kier alpha value is -3.00. The van der Waals surface area contributed by atoms with E-state index >= 15 is 0 Å². The molecule has 2 saturated heterocycles. The van der Waals surface area contributed by atoms with Gasteiger partial charge >= 0.3 is 0 Å². The zero-order valence-electron chi connectivity index (χ0n) is 19.2. The summed E-state index contributed by atoms with van der Waals surface area (Å²) in [6.07, 6.45) is 0.988. The normalized spacial score (nSPS) is 20.4. The second kappa shape index (κ2) is 10.1. The van der Waals surface area contributed by atoms with Gasteiger partial charge in [-0.05, 0) is 49.1 Å². The van der Waals surface area contributed by atoms with Crippen molar-refractivity contribution in [1.29, 1.82) is 0 Å². The van der Waals surface area contributed by atoms with Gasteiger partial charge in [0, 0.05) is 22.1 Å². The smallest absolute Gasteiger partial charge is 0.254 e. The van der Waals surface area contributed by atoms with Crippen molar-refractivity contribution in [1.82, 2.24) is 15.1 Å². The highest BCUT2D eigenvalue weighted by atomic mass is 79.9. The maximum absolute atomic E-state index is 13.6. The number of carbonyl (C=O) groups is 4. The van der Waals surface area contributed by atoms with Crippen molar-refractivity contribution in [2.24, 2.45) is 5.92 Å². The highest BCUT2D eigenvalue weighted by Crippen LogP contribution is 2.32. The summed E-state index contributed by atoms with van der Waals surface area (Å²) in [5.74, 6) is -0.786. The van der Waals surface area contributed by atoms with Gasteiger partial charge in [0.25, 0.3) is 11.8 Å². The van der Waals surface area contributed by atoms with E-state index in [0.717, 1.165) is 4.47 Å². The number of carbonyl (C=O) groups excluding carboxylic acids is 4. The molecule has 2 aliphatic rings. The van der Waals surface area contributed by atoms with Crippen molar-refractivity contribution < 1.29 is 19.2 Å². The zero-order valence-corrected chi connectivity index (χ0v) is 20.8. The van der Waals surface area contributed by atoms with Crippen molar-refractivity contribution in [3.63, 3.8) is 0 Å². The standard InChI is InChI=1S/C26H28BrN3O4/c1-16(2)13-20(28-24(32)18-9-6-10-19(27)14-18)26(34)29-12-11-21-23(29)22(31)15-30(21)25(33)17-7-4-3-5-8-17/h3-10,14,16,20-21,23H,11-13,15H2,1-2H3,(H,28,32)/t20-,21?,23?/m0/s1. The number of nitrogens with zero attached hydrogens (tertiary/aromatic N) is 2. The first-order valence-corrected chi connectivity index (χ1v) is 12.3. The van der Waals surface area contributed by atoms with Crippen LogP contribution in [0.5, 0.6) is 0 Å². The van der Waals surface area contributed by atoms with Gasteiger partial charge in [0.15, 0.2) is 5.78 Å². The second-order valence-corrected chi connectivity index (χ2v) is 10.2. The van der Waals surface area contributed by atoms with Crippen LogP contribution in [0, 0.1) is 5.92 Å². The summed E-state index contributed by atoms with van der Waals surface area (Å²) in [6.45, 7) is 4.34. The SMILES string of the molecule is CC(C)C[C@H](NC(=O)c1cccc(Br)c1)C(=O)N1CCC2C1C(=O)CN2C(=O)c1ccccc1. The van der Waals surface area contributed by atoms with E-state index < -0.39 is 12.1 Å². The van der Waals surface area contributed by atoms with Crippen LogP contribution in [-0.4, -0.2) is 64.5 Å². The van der Waals surface area contributed by atoms with Crippen molar-refractivity contribution in [2.45, 2.75) is 44.8 Å². The summed E-state index contributed by atoms with van der Waals surface area (Å²) in [4.78, 5) is 55.6. The molecule has 7 nitrogen and oxygen atoms in total. The van der Waals surface area contributed by atoms with E-state index in [-0.39, 0.29) is 42.0 Å². The summed E-state index contributed by atoms with van der Waals surface area (Å²) in [5.41, 5.74) is 0.978. The van der Waals surface area contributed by atoms with Crippen LogP contribution in [0.3, 0.4) is 0 Å². The highest BCUT2D eigenvalue weighted by Gasteiger charge is 2.52. The number of hydrogen-bond acceptors (Lipinski definition) is 4. The highest BCUT2D eigenvalue weighted by molar-refractivity contribution is 9.10. The number of nitrogens with one attached hydrogen (secondary N) is 1. The van der Waals surface area contributed by atoms with Crippen LogP contribution < -0.4 is 5.32 Å². The lowest BCUT2D eigenvalue weighted by Crippen LogP contribution is -2.53. The van der Waals surface area contributed by atoms with Crippen LogP contribution in [0.2, 0.25) is 0 Å². The number of benzene rings is 2. The molecule has 2 unspecified atom stereocenters. The Bertz CT molecular complexity index is 1100. The van der Waals surface area contributed by atoms with Gasteiger partial charge in [0.1, 0.15) is 12.1 Å². The molecule has 0 radical (unpaired) electrons. The second-order valence-electron chi connectivity index (χ2n) is 9.26. The van der Waals surface area contributed by atoms with Crippen LogP contribution in [0.15, 0.2) is 59.1 Å². The molecule has 0 saturated carbocycles. The Balaban J connectivity index is 1.52. The number of likely N-dealkylation sites (tertiary alicyclic amines) is 2. The number of ketones is 1. The van der Waals surface area contributed by atoms with Crippen LogP contribution >= 0.6 is 15.9 Å². The fourth-order valence-corrected chi connectivity index (χ4v) is 5.25. The molecule has 34 heavy (non-hydrogen) atoms. The largest absolute Gasteiger partial charge is 0.340 e. The molecule has 0 bridgehead atoms. The fraction of sp³-hybridized carbons (Fsp3) is 0.385. The van der Waals surface area contributed by atoms with Gasteiger partial charge in [-0.15, -0.1) is 0 Å². The molecule has 8 heteroatoms. The first-order chi connectivity index (χ1) is 16.3. The van der Waals surface area contributed by atoms with Crippen LogP contribution in [0.4, 0.5) is 0 Å². The molecule has 2 aromatic carbocycles. The molecule has 2 aromatic rings. The molecule has 2 aliphatic heterocycles. The van der Waals surface area contributed by atoms with Gasteiger partial charge in [0.05, 0.1) is 12.6 Å². The molecule has 3 amide bonds. The maximum atomic E-state index is 13.6. The molecule has 0 aromatic heterocycles. The summed E-state index contributed by atoms with van der Waals surface area (Å²) >= 11 is 3.37. The van der Waals surface area contributed by atoms with Gasteiger partial charge in [-0.3, -0.25) is 19.2 Å². The average molecular weight is 526 g/mol. The van der Waals surface area contributed by atoms with Gasteiger partial charge in [-0.1, -0.05) is 54.0 Å². The molecule has 1 N–H and O–H groups in total. The van der Waals surface area contributed by atoms with E-state index in [2.05, 4.69) is 21.2 Å². The first kappa shape index (κ1) is 24.1. The fourth-order valence-electron chi connectivity index (χ4n) is 4.85. The third kappa shape index (κ3) is 4.92. The molecule has 0 spiro atoms. The molecule has 2 heterocycles. The minimum Gasteiger partial charge on any atom is -0.340 e. The van der Waals surface area contributed by atoms with Crippen LogP contribution in [0.1, 0.15) is 47.4 Å². The summed E-state index contributed by atoms with van der Waals surface area (Å²) < 4.78 is 0.772. The predicted octanol–water partition coefficient (Wildman–Crippen LogP) is 3.29. The number of fused-ring (bicyclic) bond motifs is 1. The lowest BCUT2D eigenvalue weighted by molar-refractivity contribution is -0.138. The maximum Gasteiger partial charge on any atom is 0.254 e. The number of rotatable bonds is 6. The topological polar surface area (TPSA) is 86.8 Å². The van der Waals surface area contributed by atoms with Crippen LogP contribution in [-0.2, 0) is 9.59 Å². The number of Topliss-reactive ketones (excluding diaryl/α,β-unsaturated/α-hetero) is 1. The van der Waals surface area contributed by atoms with E-state index in [1.54, 1.807) is 52.3 Å². The molecule has 2 fully saturated rings. The van der Waals surface area contributed by atoms with Crippen molar-refractivity contribution in [3.8, 4) is 0 Å². The lowest BCUT2D eigenvalue weighted by atomic mass is 10.0. The Kier molecular flexibility index (Phi) is 7.16. The van der Waals surface area contributed by atoms with E-state index in [1.165, 1.54) is 0 Å². The van der Waals surface area contributed by atoms with E-state index in [1.807, 2.05) is 26.0 Å². The third-order valence-electron chi connectivity index (χ3n) is 6.38. The van der Waals surface area contributed by atoms with Crippen molar-refractivity contribution in [2.75, 3.05) is 13.1 Å². The van der Waals surface area contributed by atoms with Gasteiger partial charge in [-0.2, -0.15) is 0 Å². The van der Waals surface area contributed by atoms with Crippen LogP contribution in [0.25, 0.3) is 0 Å². The number of hydrogen-bond donors (Lipinski definition) is 1. The van der Waals surface area contributed by atoms with E-state index in [9.17, 15) is 19.2 Å². The summed E-state index contributed by atoms with van der Waals surface area (Å²) in [5, 5.41) is 2.88. The summed E-state index contributed by atoms with van der Waals surface area (Å²) in [6, 6.07) is 14.1. The number of halogens is 1. The molecule has 4 rings (SSSR count). The van der Waals surface area contributed by atoms with E-state index in [4.69, 9.17) is 0 Å². The Morgan fingerprint density at radius 1 is 1.03 bits per heavy atom.